The maximum atomic E-state index is 6.08. The van der Waals surface area contributed by atoms with Gasteiger partial charge < -0.3 is 4.52 Å². The highest BCUT2D eigenvalue weighted by molar-refractivity contribution is 7.44. The lowest BCUT2D eigenvalue weighted by Crippen LogP contribution is -2.15. The maximum absolute atomic E-state index is 6.08. The molecule has 0 amide bonds. The zero-order chi connectivity index (χ0) is 14.7. The van der Waals surface area contributed by atoms with Crippen molar-refractivity contribution in [2.24, 2.45) is 0 Å². The van der Waals surface area contributed by atoms with E-state index in [9.17, 15) is 0 Å². The van der Waals surface area contributed by atoms with Crippen molar-refractivity contribution in [1.29, 1.82) is 0 Å². The highest BCUT2D eigenvalue weighted by atomic mass is 31.2. The summed E-state index contributed by atoms with van der Waals surface area (Å²) in [5.41, 5.74) is 2.22. The minimum Gasteiger partial charge on any atom is -0.435 e. The SMILES string of the molecule is CN(C)P1OC(c2ccccc2)=CC(c2ccccc2)O1. The first-order valence-electron chi connectivity index (χ1n) is 6.88. The fourth-order valence-electron chi connectivity index (χ4n) is 2.13. The van der Waals surface area contributed by atoms with Gasteiger partial charge >= 0.3 is 8.53 Å². The molecule has 1 heterocycles. The molecule has 3 rings (SSSR count). The molecule has 0 radical (unpaired) electrons. The quantitative estimate of drug-likeness (QED) is 0.773. The number of nitrogens with zero attached hydrogens (tertiary/aromatic N) is 1. The van der Waals surface area contributed by atoms with Gasteiger partial charge in [-0.1, -0.05) is 60.7 Å². The molecule has 0 saturated heterocycles. The molecular weight excluding hydrogens is 281 g/mol. The van der Waals surface area contributed by atoms with E-state index in [4.69, 9.17) is 9.05 Å². The van der Waals surface area contributed by atoms with Crippen LogP contribution in [0.5, 0.6) is 0 Å². The lowest BCUT2D eigenvalue weighted by atomic mass is 10.1. The van der Waals surface area contributed by atoms with E-state index in [1.807, 2.05) is 61.2 Å². The zero-order valence-corrected chi connectivity index (χ0v) is 13.0. The van der Waals surface area contributed by atoms with E-state index in [-0.39, 0.29) is 6.10 Å². The average molecular weight is 299 g/mol. The molecule has 2 atom stereocenters. The van der Waals surface area contributed by atoms with Crippen LogP contribution in [-0.4, -0.2) is 18.8 Å². The van der Waals surface area contributed by atoms with E-state index < -0.39 is 8.53 Å². The second-order valence-corrected chi connectivity index (χ2v) is 6.68. The Hall–Kier alpha value is -1.67. The largest absolute Gasteiger partial charge is 0.435 e. The van der Waals surface area contributed by atoms with Crippen LogP contribution in [0, 0.1) is 0 Å². The molecule has 0 N–H and O–H groups in total. The van der Waals surface area contributed by atoms with Gasteiger partial charge in [-0.3, -0.25) is 4.52 Å². The van der Waals surface area contributed by atoms with Crippen molar-refractivity contribution in [3.63, 3.8) is 0 Å². The van der Waals surface area contributed by atoms with Gasteiger partial charge in [0.2, 0.25) is 0 Å². The monoisotopic (exact) mass is 299 g/mol. The van der Waals surface area contributed by atoms with Crippen LogP contribution in [0.3, 0.4) is 0 Å². The van der Waals surface area contributed by atoms with Crippen LogP contribution in [-0.2, 0) is 9.05 Å². The first-order valence-corrected chi connectivity index (χ1v) is 8.01. The molecule has 1 aliphatic heterocycles. The predicted molar refractivity (Wildman–Crippen MR) is 86.4 cm³/mol. The third kappa shape index (κ3) is 3.33. The summed E-state index contributed by atoms with van der Waals surface area (Å²) in [6.07, 6.45) is 1.97. The second-order valence-electron chi connectivity index (χ2n) is 5.01. The molecule has 2 aromatic carbocycles. The Balaban J connectivity index is 1.96. The fourth-order valence-corrected chi connectivity index (χ4v) is 3.23. The van der Waals surface area contributed by atoms with Crippen molar-refractivity contribution in [3.05, 3.63) is 77.9 Å². The van der Waals surface area contributed by atoms with Crippen LogP contribution in [0.15, 0.2) is 66.7 Å². The Morgan fingerprint density at radius 3 is 2.14 bits per heavy atom. The topological polar surface area (TPSA) is 21.7 Å². The molecule has 4 heteroatoms. The predicted octanol–water partition coefficient (Wildman–Crippen LogP) is 4.60. The van der Waals surface area contributed by atoms with Gasteiger partial charge in [0.25, 0.3) is 0 Å². The molecule has 0 spiro atoms. The van der Waals surface area contributed by atoms with Crippen LogP contribution in [0.2, 0.25) is 0 Å². The molecule has 0 saturated carbocycles. The Labute approximate surface area is 126 Å². The van der Waals surface area contributed by atoms with E-state index in [2.05, 4.69) is 24.3 Å². The van der Waals surface area contributed by atoms with Gasteiger partial charge in [0.1, 0.15) is 11.9 Å². The minimum absolute atomic E-state index is 0.0799. The van der Waals surface area contributed by atoms with E-state index in [1.54, 1.807) is 0 Å². The van der Waals surface area contributed by atoms with Crippen LogP contribution in [0.4, 0.5) is 0 Å². The van der Waals surface area contributed by atoms with Crippen molar-refractivity contribution in [2.45, 2.75) is 6.10 Å². The van der Waals surface area contributed by atoms with Crippen LogP contribution in [0.1, 0.15) is 17.2 Å². The van der Waals surface area contributed by atoms with Crippen LogP contribution < -0.4 is 0 Å². The van der Waals surface area contributed by atoms with E-state index in [0.29, 0.717) is 0 Å². The second kappa shape index (κ2) is 6.40. The van der Waals surface area contributed by atoms with E-state index in [0.717, 1.165) is 16.9 Å². The number of hydrogen-bond acceptors (Lipinski definition) is 3. The lowest BCUT2D eigenvalue weighted by Gasteiger charge is -2.32. The standard InChI is InChI=1S/C17H18NO2P/c1-18(2)21-19-16(14-9-5-3-6-10-14)13-17(20-21)15-11-7-4-8-12-15/h3-13,16H,1-2H3. The van der Waals surface area contributed by atoms with Gasteiger partial charge in [-0.25, -0.2) is 4.67 Å². The summed E-state index contributed by atoms with van der Waals surface area (Å²) in [5, 5.41) is 0. The smallest absolute Gasteiger partial charge is 0.321 e. The van der Waals surface area contributed by atoms with Gasteiger partial charge in [-0.2, -0.15) is 0 Å². The molecular formula is C17H18NO2P. The van der Waals surface area contributed by atoms with Crippen molar-refractivity contribution in [2.75, 3.05) is 14.1 Å². The molecule has 3 nitrogen and oxygen atoms in total. The Kier molecular flexibility index (Phi) is 4.35. The number of benzene rings is 2. The van der Waals surface area contributed by atoms with E-state index >= 15 is 0 Å². The van der Waals surface area contributed by atoms with Crippen molar-refractivity contribution < 1.29 is 9.05 Å². The Morgan fingerprint density at radius 1 is 0.905 bits per heavy atom. The number of rotatable bonds is 3. The highest BCUT2D eigenvalue weighted by Crippen LogP contribution is 2.53. The highest BCUT2D eigenvalue weighted by Gasteiger charge is 2.28. The van der Waals surface area contributed by atoms with Gasteiger partial charge in [-0.15, -0.1) is 0 Å². The van der Waals surface area contributed by atoms with Crippen molar-refractivity contribution in [3.8, 4) is 0 Å². The normalized spacial score (nSPS) is 21.8. The summed E-state index contributed by atoms with van der Waals surface area (Å²) in [6, 6.07) is 20.4. The zero-order valence-electron chi connectivity index (χ0n) is 12.1. The first-order chi connectivity index (χ1) is 10.2. The summed E-state index contributed by atoms with van der Waals surface area (Å²) in [7, 11) is 2.86. The molecule has 2 unspecified atom stereocenters. The molecule has 1 aliphatic rings. The van der Waals surface area contributed by atoms with E-state index in [1.165, 1.54) is 0 Å². The molecule has 0 aromatic heterocycles. The molecule has 2 aromatic rings. The van der Waals surface area contributed by atoms with Gasteiger partial charge in [-0.05, 0) is 25.7 Å². The summed E-state index contributed by atoms with van der Waals surface area (Å²) >= 11 is 0. The third-order valence-electron chi connectivity index (χ3n) is 3.20. The fraction of sp³-hybridized carbons (Fsp3) is 0.176. The Morgan fingerprint density at radius 2 is 1.52 bits per heavy atom. The summed E-state index contributed by atoms with van der Waals surface area (Å²) in [6.45, 7) is 0. The van der Waals surface area contributed by atoms with Crippen LogP contribution >= 0.6 is 8.53 Å². The molecule has 108 valence electrons. The van der Waals surface area contributed by atoms with Crippen molar-refractivity contribution in [1.82, 2.24) is 4.67 Å². The molecule has 0 bridgehead atoms. The average Bonchev–Trinajstić information content (AvgIpc) is 2.56. The Bertz CT molecular complexity index is 613. The summed E-state index contributed by atoms with van der Waals surface area (Å²) in [4.78, 5) is 0. The molecule has 0 aliphatic carbocycles. The summed E-state index contributed by atoms with van der Waals surface area (Å²) in [5.74, 6) is 0.885. The van der Waals surface area contributed by atoms with Gasteiger partial charge in [0.15, 0.2) is 0 Å². The minimum atomic E-state index is -1.09. The van der Waals surface area contributed by atoms with Crippen molar-refractivity contribution >= 4 is 14.3 Å². The van der Waals surface area contributed by atoms with Gasteiger partial charge in [0.05, 0.1) is 0 Å². The third-order valence-corrected chi connectivity index (χ3v) is 4.61. The maximum Gasteiger partial charge on any atom is 0.321 e. The molecule has 0 fully saturated rings. The van der Waals surface area contributed by atoms with Crippen LogP contribution in [0.25, 0.3) is 5.76 Å². The number of hydrogen-bond donors (Lipinski definition) is 0. The lowest BCUT2D eigenvalue weighted by molar-refractivity contribution is 0.208. The molecule has 21 heavy (non-hydrogen) atoms. The van der Waals surface area contributed by atoms with Gasteiger partial charge in [0, 0.05) is 5.56 Å². The summed E-state index contributed by atoms with van der Waals surface area (Å²) < 4.78 is 14.1. The first kappa shape index (κ1) is 14.3.